The van der Waals surface area contributed by atoms with Gasteiger partial charge in [-0.1, -0.05) is 31.5 Å². The van der Waals surface area contributed by atoms with Gasteiger partial charge < -0.3 is 9.47 Å². The summed E-state index contributed by atoms with van der Waals surface area (Å²) in [5, 5.41) is 0. The first-order chi connectivity index (χ1) is 14.0. The molecular weight excluding hydrogens is 406 g/mol. The van der Waals surface area contributed by atoms with Gasteiger partial charge in [0.1, 0.15) is 19.7 Å². The predicted octanol–water partition coefficient (Wildman–Crippen LogP) is 4.43. The second-order valence-electron chi connectivity index (χ2n) is 7.02. The monoisotopic (exact) mass is 428 g/mol. The van der Waals surface area contributed by atoms with Gasteiger partial charge in [0.2, 0.25) is 0 Å². The number of benzene rings is 2. The van der Waals surface area contributed by atoms with Crippen LogP contribution in [0.3, 0.4) is 0 Å². The van der Waals surface area contributed by atoms with Gasteiger partial charge in [-0.15, -0.1) is 12.0 Å². The van der Waals surface area contributed by atoms with E-state index in [-0.39, 0.29) is 11.1 Å². The zero-order valence-corrected chi connectivity index (χ0v) is 18.4. The van der Waals surface area contributed by atoms with Crippen molar-refractivity contribution in [1.29, 1.82) is 0 Å². The number of hydrogen-bond acceptors (Lipinski definition) is 4. The number of ether oxygens (including phenoxy) is 2. The molecule has 0 spiro atoms. The Hall–Kier alpha value is -3.42. The van der Waals surface area contributed by atoms with Crippen LogP contribution in [0.5, 0.6) is 0 Å². The minimum Gasteiger partial charge on any atom is -0.465 e. The highest BCUT2D eigenvalue weighted by Crippen LogP contribution is 2.12. The van der Waals surface area contributed by atoms with Crippen molar-refractivity contribution in [1.82, 2.24) is 0 Å². The zero-order valence-electron chi connectivity index (χ0n) is 17.4. The van der Waals surface area contributed by atoms with Gasteiger partial charge in [-0.2, -0.15) is 0 Å². The minimum atomic E-state index is -1.47. The molecule has 0 bridgehead atoms. The maximum atomic E-state index is 13.6. The molecule has 0 unspecified atom stereocenters. The summed E-state index contributed by atoms with van der Waals surface area (Å²) in [6.07, 6.45) is 5.04. The number of halogens is 2. The number of methoxy groups -OCH3 is 2. The SMILES string of the molecule is C#Cc1ccc(C(=O)OC)c(F)c1.COC(=O)c1ccc(C#C[Si](C)(C)C)cc1F. The molecule has 2 rings (SSSR count). The third-order valence-electron chi connectivity index (χ3n) is 3.50. The van der Waals surface area contributed by atoms with Crippen molar-refractivity contribution in [2.24, 2.45) is 0 Å². The third kappa shape index (κ3) is 7.54. The minimum absolute atomic E-state index is 0.0638. The van der Waals surface area contributed by atoms with Crippen molar-refractivity contribution in [2.45, 2.75) is 19.6 Å². The van der Waals surface area contributed by atoms with Gasteiger partial charge in [0.05, 0.1) is 25.3 Å². The number of terminal acetylenes is 1. The van der Waals surface area contributed by atoms with Gasteiger partial charge in [0.15, 0.2) is 0 Å². The molecule has 0 N–H and O–H groups in total. The van der Waals surface area contributed by atoms with Crippen molar-refractivity contribution in [3.8, 4) is 23.8 Å². The maximum absolute atomic E-state index is 13.6. The first-order valence-electron chi connectivity index (χ1n) is 8.78. The van der Waals surface area contributed by atoms with E-state index in [1.165, 1.54) is 38.5 Å². The van der Waals surface area contributed by atoms with Gasteiger partial charge in [0.25, 0.3) is 0 Å². The van der Waals surface area contributed by atoms with Crippen molar-refractivity contribution in [2.75, 3.05) is 14.2 Å². The number of rotatable bonds is 2. The Balaban J connectivity index is 0.000000311. The Morgan fingerprint density at radius 1 is 0.867 bits per heavy atom. The van der Waals surface area contributed by atoms with Crippen LogP contribution in [-0.2, 0) is 9.47 Å². The Morgan fingerprint density at radius 2 is 1.30 bits per heavy atom. The second kappa shape index (κ2) is 10.9. The normalized spacial score (nSPS) is 9.80. The van der Waals surface area contributed by atoms with Crippen molar-refractivity contribution in [3.63, 3.8) is 0 Å². The fraction of sp³-hybridized carbons (Fsp3) is 0.217. The van der Waals surface area contributed by atoms with E-state index >= 15 is 0 Å². The van der Waals surface area contributed by atoms with Crippen LogP contribution in [0.2, 0.25) is 19.6 Å². The van der Waals surface area contributed by atoms with Gasteiger partial charge in [-0.05, 0) is 36.4 Å². The lowest BCUT2D eigenvalue weighted by molar-refractivity contribution is 0.0586. The van der Waals surface area contributed by atoms with E-state index in [4.69, 9.17) is 6.42 Å². The van der Waals surface area contributed by atoms with Gasteiger partial charge in [-0.25, -0.2) is 18.4 Å². The Bertz CT molecular complexity index is 1040. The molecule has 156 valence electrons. The quantitative estimate of drug-likeness (QED) is 0.403. The molecule has 0 atom stereocenters. The average Bonchev–Trinajstić information content (AvgIpc) is 2.71. The Morgan fingerprint density at radius 3 is 1.67 bits per heavy atom. The van der Waals surface area contributed by atoms with E-state index in [0.29, 0.717) is 11.1 Å². The standard InChI is InChI=1S/C13H15FO2Si.C10H7FO2/c1-16-13(15)11-6-5-10(9-12(11)14)7-8-17(2,3)4;1-3-7-4-5-8(9(11)6-7)10(12)13-2/h5-6,9H,1-4H3;1,4-6H,2H3. The number of hydrogen-bond donors (Lipinski definition) is 0. The molecule has 7 heteroatoms. The molecule has 2 aromatic rings. The number of carbonyl (C=O) groups is 2. The summed E-state index contributed by atoms with van der Waals surface area (Å²) >= 11 is 0. The molecular formula is C23H22F2O4Si. The molecule has 0 aliphatic carbocycles. The molecule has 0 radical (unpaired) electrons. The molecule has 0 saturated heterocycles. The molecule has 30 heavy (non-hydrogen) atoms. The summed E-state index contributed by atoms with van der Waals surface area (Å²) in [7, 11) is 0.939. The summed E-state index contributed by atoms with van der Waals surface area (Å²) in [6.45, 7) is 6.33. The molecule has 0 saturated carbocycles. The van der Waals surface area contributed by atoms with E-state index in [1.807, 2.05) is 0 Å². The van der Waals surface area contributed by atoms with Crippen LogP contribution in [0.25, 0.3) is 0 Å². The number of carbonyl (C=O) groups excluding carboxylic acids is 2. The summed E-state index contributed by atoms with van der Waals surface area (Å²) < 4.78 is 35.5. The molecule has 4 nitrogen and oxygen atoms in total. The van der Waals surface area contributed by atoms with Gasteiger partial charge in [-0.3, -0.25) is 0 Å². The van der Waals surface area contributed by atoms with Crippen LogP contribution >= 0.6 is 0 Å². The topological polar surface area (TPSA) is 52.6 Å². The largest absolute Gasteiger partial charge is 0.465 e. The molecule has 0 fully saturated rings. The third-order valence-corrected chi connectivity index (χ3v) is 4.37. The molecule has 0 aliphatic heterocycles. The smallest absolute Gasteiger partial charge is 0.340 e. The summed E-state index contributed by atoms with van der Waals surface area (Å²) in [4.78, 5) is 22.1. The van der Waals surface area contributed by atoms with Crippen molar-refractivity contribution >= 4 is 20.0 Å². The first kappa shape index (κ1) is 24.6. The fourth-order valence-corrected chi connectivity index (χ4v) is 2.53. The van der Waals surface area contributed by atoms with Crippen molar-refractivity contribution < 1.29 is 27.8 Å². The lowest BCUT2D eigenvalue weighted by Crippen LogP contribution is -2.16. The first-order valence-corrected chi connectivity index (χ1v) is 12.3. The lowest BCUT2D eigenvalue weighted by Gasteiger charge is -2.04. The molecule has 0 aliphatic rings. The van der Waals surface area contributed by atoms with Gasteiger partial charge in [0, 0.05) is 11.1 Å². The van der Waals surface area contributed by atoms with Crippen LogP contribution in [0.1, 0.15) is 31.8 Å². The van der Waals surface area contributed by atoms with E-state index < -0.39 is 31.6 Å². The Labute approximate surface area is 176 Å². The van der Waals surface area contributed by atoms with Crippen LogP contribution in [-0.4, -0.2) is 34.2 Å². The predicted molar refractivity (Wildman–Crippen MR) is 114 cm³/mol. The summed E-state index contributed by atoms with van der Waals surface area (Å²) in [5.74, 6) is 2.55. The molecule has 0 aromatic heterocycles. The highest BCUT2D eigenvalue weighted by Gasteiger charge is 2.13. The zero-order chi connectivity index (χ0) is 22.9. The molecule has 0 amide bonds. The van der Waals surface area contributed by atoms with Crippen molar-refractivity contribution in [3.05, 3.63) is 70.3 Å². The van der Waals surface area contributed by atoms with E-state index in [0.717, 1.165) is 6.07 Å². The van der Waals surface area contributed by atoms with E-state index in [1.54, 1.807) is 6.07 Å². The fourth-order valence-electron chi connectivity index (χ4n) is 2.01. The Kier molecular flexibility index (Phi) is 8.98. The highest BCUT2D eigenvalue weighted by molar-refractivity contribution is 6.83. The summed E-state index contributed by atoms with van der Waals surface area (Å²) in [5.41, 5.74) is 3.94. The average molecular weight is 429 g/mol. The van der Waals surface area contributed by atoms with Crippen LogP contribution < -0.4 is 0 Å². The highest BCUT2D eigenvalue weighted by atomic mass is 28.3. The van der Waals surface area contributed by atoms with Crippen LogP contribution in [0.4, 0.5) is 8.78 Å². The van der Waals surface area contributed by atoms with E-state index in [2.05, 4.69) is 46.5 Å². The van der Waals surface area contributed by atoms with Gasteiger partial charge >= 0.3 is 11.9 Å². The molecule has 2 aromatic carbocycles. The van der Waals surface area contributed by atoms with E-state index in [9.17, 15) is 18.4 Å². The lowest BCUT2D eigenvalue weighted by atomic mass is 10.1. The molecule has 0 heterocycles. The number of esters is 2. The summed E-state index contributed by atoms with van der Waals surface area (Å²) in [6, 6.07) is 8.19. The second-order valence-corrected chi connectivity index (χ2v) is 11.8. The van der Waals surface area contributed by atoms with Crippen LogP contribution in [0, 0.1) is 35.4 Å². The van der Waals surface area contributed by atoms with Crippen LogP contribution in [0.15, 0.2) is 36.4 Å². The maximum Gasteiger partial charge on any atom is 0.340 e.